The molecule has 1 fully saturated rings. The van der Waals surface area contributed by atoms with Crippen molar-refractivity contribution >= 4 is 61.0 Å². The van der Waals surface area contributed by atoms with Gasteiger partial charge in [-0.05, 0) is 80.3 Å². The Bertz CT molecular complexity index is 3320. The highest BCUT2D eigenvalue weighted by Gasteiger charge is 2.41. The highest BCUT2D eigenvalue weighted by molar-refractivity contribution is 6.30. The quantitative estimate of drug-likeness (QED) is 0.139. The smallest absolute Gasteiger partial charge is 0.435 e. The van der Waals surface area contributed by atoms with Crippen molar-refractivity contribution in [1.29, 1.82) is 0 Å². The van der Waals surface area contributed by atoms with Crippen LogP contribution in [0.5, 0.6) is 11.5 Å². The first-order valence-electron chi connectivity index (χ1n) is 20.2. The number of hydrogen-bond donors (Lipinski definition) is 3. The van der Waals surface area contributed by atoms with Crippen LogP contribution in [-0.2, 0) is 25.2 Å². The zero-order valence-electron chi connectivity index (χ0n) is 33.3. The number of rotatable bonds is 6. The van der Waals surface area contributed by atoms with Crippen LogP contribution >= 0.6 is 11.6 Å². The second-order valence-electron chi connectivity index (χ2n) is 16.0. The molecule has 1 unspecified atom stereocenters. The number of nitrogens with zero attached hydrogens (tertiary/aromatic N) is 9. The van der Waals surface area contributed by atoms with Crippen LogP contribution in [-0.4, -0.2) is 81.9 Å². The van der Waals surface area contributed by atoms with E-state index < -0.39 is 35.7 Å². The number of halogens is 8. The summed E-state index contributed by atoms with van der Waals surface area (Å²) in [5, 5.41) is 27.2. The molecule has 3 aromatic carbocycles. The molecule has 7 heterocycles. The Labute approximate surface area is 361 Å². The van der Waals surface area contributed by atoms with Crippen molar-refractivity contribution in [2.45, 2.75) is 44.2 Å². The molecule has 1 atom stereocenters. The van der Waals surface area contributed by atoms with Crippen LogP contribution in [0.2, 0.25) is 5.02 Å². The number of nitrogens with one attached hydrogen (secondary N) is 3. The molecule has 2 aliphatic rings. The summed E-state index contributed by atoms with van der Waals surface area (Å²) in [5.41, 5.74) is 1.31. The monoisotopic (exact) mass is 900 g/mol. The van der Waals surface area contributed by atoms with Gasteiger partial charge in [0.15, 0.2) is 11.5 Å². The molecule has 6 aromatic heterocycles. The van der Waals surface area contributed by atoms with E-state index in [1.54, 1.807) is 37.5 Å². The first-order chi connectivity index (χ1) is 30.7. The van der Waals surface area contributed by atoms with Crippen LogP contribution in [0.15, 0.2) is 67.1 Å². The second kappa shape index (κ2) is 14.6. The number of fused-ring (bicyclic) bond motifs is 8. The van der Waals surface area contributed by atoms with E-state index in [0.29, 0.717) is 64.6 Å². The van der Waals surface area contributed by atoms with Gasteiger partial charge in [-0.1, -0.05) is 11.6 Å². The molecule has 11 rings (SSSR count). The number of H-pyrrole nitrogens is 3. The van der Waals surface area contributed by atoms with Crippen LogP contribution in [0.4, 0.5) is 36.6 Å². The van der Waals surface area contributed by atoms with E-state index in [1.165, 1.54) is 29.1 Å². The van der Waals surface area contributed by atoms with Crippen LogP contribution < -0.4 is 9.64 Å². The van der Waals surface area contributed by atoms with E-state index >= 15 is 13.2 Å². The van der Waals surface area contributed by atoms with Crippen molar-refractivity contribution in [3.8, 4) is 34.0 Å². The molecular weight excluding hydrogens is 869 g/mol. The van der Waals surface area contributed by atoms with Gasteiger partial charge >= 0.3 is 12.4 Å². The van der Waals surface area contributed by atoms with Gasteiger partial charge in [0.05, 0.1) is 79.3 Å². The number of piperazine rings is 1. The van der Waals surface area contributed by atoms with E-state index in [2.05, 4.69) is 35.6 Å². The minimum atomic E-state index is -4.90. The van der Waals surface area contributed by atoms with Crippen molar-refractivity contribution in [2.24, 2.45) is 0 Å². The highest BCUT2D eigenvalue weighted by atomic mass is 35.5. The molecule has 21 heteroatoms. The fraction of sp³-hybridized carbons (Fsp3) is 0.256. The van der Waals surface area contributed by atoms with Crippen molar-refractivity contribution in [2.75, 3.05) is 31.6 Å². The lowest BCUT2D eigenvalue weighted by molar-refractivity contribution is -0.141. The maximum absolute atomic E-state index is 15.1. The summed E-state index contributed by atoms with van der Waals surface area (Å²) in [6, 6.07) is 12.0. The third kappa shape index (κ3) is 6.56. The summed E-state index contributed by atoms with van der Waals surface area (Å²) in [5.74, 6) is 0.136. The van der Waals surface area contributed by atoms with Gasteiger partial charge < -0.3 is 9.64 Å². The molecule has 326 valence electrons. The predicted octanol–water partition coefficient (Wildman–Crippen LogP) is 10.2. The Morgan fingerprint density at radius 1 is 0.781 bits per heavy atom. The Morgan fingerprint density at radius 2 is 1.55 bits per heavy atom. The molecule has 64 heavy (non-hydrogen) atoms. The zero-order chi connectivity index (χ0) is 44.2. The summed E-state index contributed by atoms with van der Waals surface area (Å²) >= 11 is 6.06. The molecule has 0 amide bonds. The molecule has 0 saturated carbocycles. The van der Waals surface area contributed by atoms with Crippen molar-refractivity contribution in [3.63, 3.8) is 0 Å². The van der Waals surface area contributed by atoms with Crippen molar-refractivity contribution in [1.82, 2.24) is 55.2 Å². The summed E-state index contributed by atoms with van der Waals surface area (Å²) in [7, 11) is 1.80. The molecule has 1 saturated heterocycles. The molecule has 0 bridgehead atoms. The van der Waals surface area contributed by atoms with Gasteiger partial charge in [-0.2, -0.15) is 46.7 Å². The van der Waals surface area contributed by atoms with Gasteiger partial charge in [0.25, 0.3) is 0 Å². The molecule has 3 N–H and O–H groups in total. The standard InChI is InChI=1S/C43H32ClF7N12O/c1-61-12-13-62(41-37-31(57-59-41)11-10-30-36(37)21-4-2-3-5-22(21)38(55-30)24-17-53-58-39(24)42(46,47)48)19-34(61)63-18-25(40(60-63)43(49,50)51)32-15-33(64-20-6-7-27(45)26(44)14-20)35-23-16-52-56-28(23)8-9-29(35)54-32/h6-11,14-18,34H,2-5,12-13,19H2,1H3,(H,52,56)(H,53,58)(H,57,59). The number of aromatic nitrogens is 10. The normalized spacial score (nSPS) is 16.5. The van der Waals surface area contributed by atoms with Crippen LogP contribution in [0.3, 0.4) is 0 Å². The molecule has 13 nitrogen and oxygen atoms in total. The average Bonchev–Trinajstić information content (AvgIpc) is 4.10. The number of likely N-dealkylation sites (N-methyl/N-ethyl adjacent to an activating group) is 1. The maximum Gasteiger partial charge on any atom is 0.435 e. The molecule has 9 aromatic rings. The van der Waals surface area contributed by atoms with E-state index in [4.69, 9.17) is 26.4 Å². The Balaban J connectivity index is 1.01. The van der Waals surface area contributed by atoms with E-state index in [0.717, 1.165) is 47.0 Å². The Kier molecular flexibility index (Phi) is 9.14. The topological polar surface area (TPSA) is 145 Å². The lowest BCUT2D eigenvalue weighted by Gasteiger charge is -2.39. The third-order valence-electron chi connectivity index (χ3n) is 12.1. The fourth-order valence-corrected chi connectivity index (χ4v) is 9.30. The highest BCUT2D eigenvalue weighted by Crippen LogP contribution is 2.45. The summed E-state index contributed by atoms with van der Waals surface area (Å²) < 4.78 is 109. The average molecular weight is 901 g/mol. The van der Waals surface area contributed by atoms with E-state index in [-0.39, 0.29) is 45.6 Å². The van der Waals surface area contributed by atoms with E-state index in [1.807, 2.05) is 9.80 Å². The number of hydrogen-bond acceptors (Lipinski definition) is 9. The third-order valence-corrected chi connectivity index (χ3v) is 12.4. The zero-order valence-corrected chi connectivity index (χ0v) is 34.1. The molecule has 1 aliphatic heterocycles. The minimum absolute atomic E-state index is 0.0772. The second-order valence-corrected chi connectivity index (χ2v) is 16.4. The first-order valence-corrected chi connectivity index (χ1v) is 20.5. The summed E-state index contributed by atoms with van der Waals surface area (Å²) in [6.07, 6.45) is -3.55. The lowest BCUT2D eigenvalue weighted by Crippen LogP contribution is -2.49. The van der Waals surface area contributed by atoms with Gasteiger partial charge in [-0.3, -0.25) is 24.9 Å². The summed E-state index contributed by atoms with van der Waals surface area (Å²) in [4.78, 5) is 13.4. The maximum atomic E-state index is 15.1. The number of aromatic amines is 3. The lowest BCUT2D eigenvalue weighted by atomic mass is 9.85. The molecule has 1 aliphatic carbocycles. The summed E-state index contributed by atoms with van der Waals surface area (Å²) in [6.45, 7) is 1.02. The van der Waals surface area contributed by atoms with Gasteiger partial charge in [0, 0.05) is 42.2 Å². The number of benzene rings is 3. The van der Waals surface area contributed by atoms with Gasteiger partial charge in [0.1, 0.15) is 29.2 Å². The molecular formula is C43H32ClF7N12O. The SMILES string of the molecule is CN1CCN(c2n[nH]c3ccc4nc(-c5cn[nH]c5C(F)(F)F)c5c(c4c23)CCCC5)CC1n1cc(-c2cc(Oc3ccc(F)c(Cl)c3)c3c(ccc4[nH]ncc43)n2)c(C(F)(F)F)n1. The Hall–Kier alpha value is -6.80. The Morgan fingerprint density at radius 3 is 2.33 bits per heavy atom. The fourth-order valence-electron chi connectivity index (χ4n) is 9.13. The number of ether oxygens (including phenoxy) is 1. The first kappa shape index (κ1) is 40.0. The van der Waals surface area contributed by atoms with Crippen LogP contribution in [0.1, 0.15) is 41.5 Å². The number of anilines is 1. The van der Waals surface area contributed by atoms with E-state index in [9.17, 15) is 17.6 Å². The van der Waals surface area contributed by atoms with Crippen LogP contribution in [0, 0.1) is 5.82 Å². The number of alkyl halides is 6. The number of pyridine rings is 2. The van der Waals surface area contributed by atoms with Gasteiger partial charge in [-0.15, -0.1) is 0 Å². The number of aryl methyl sites for hydroxylation is 1. The van der Waals surface area contributed by atoms with Gasteiger partial charge in [0.2, 0.25) is 0 Å². The minimum Gasteiger partial charge on any atom is -0.456 e. The largest absolute Gasteiger partial charge is 0.456 e. The van der Waals surface area contributed by atoms with Crippen molar-refractivity contribution < 1.29 is 35.5 Å². The molecule has 0 radical (unpaired) electrons. The predicted molar refractivity (Wildman–Crippen MR) is 224 cm³/mol. The molecule has 0 spiro atoms. The van der Waals surface area contributed by atoms with Gasteiger partial charge in [-0.25, -0.2) is 14.4 Å². The van der Waals surface area contributed by atoms with Crippen LogP contribution in [0.25, 0.3) is 66.1 Å². The van der Waals surface area contributed by atoms with Crippen molar-refractivity contribution in [3.05, 3.63) is 100 Å².